The first-order valence-electron chi connectivity index (χ1n) is 9.81. The van der Waals surface area contributed by atoms with Crippen LogP contribution in [0.5, 0.6) is 0 Å². The molecule has 0 atom stereocenters. The molecule has 4 nitrogen and oxygen atoms in total. The number of pyridine rings is 1. The molecular formula is C19H22ClN3OS9. The average Bonchev–Trinajstić information content (AvgIpc) is 2.76. The standard InChI is InChI=1S/C19H22ClN3OS9/c1-10-11(2)18(33(29,30)32(27)28)16(23-19(24)13-5-8-22-14(20)9-13)15(17(10)31(25)26)12-3-6-21-7-4-12/h5,8-9,12,21,31-32H,3-4,6-7H2,1-2H3,(H,23,24). The maximum absolute atomic E-state index is 13.4. The average molecular weight is 632 g/mol. The number of nitrogens with zero attached hydrogens (tertiary/aromatic N) is 1. The zero-order chi connectivity index (χ0) is 24.5. The van der Waals surface area contributed by atoms with Crippen molar-refractivity contribution in [2.45, 2.75) is 42.4 Å². The summed E-state index contributed by atoms with van der Waals surface area (Å²) in [6.07, 6.45) is 0.901. The van der Waals surface area contributed by atoms with Gasteiger partial charge >= 0.3 is 0 Å². The fraction of sp³-hybridized carbons (Fsp3) is 0.368. The van der Waals surface area contributed by atoms with E-state index in [-0.39, 0.29) is 17.0 Å². The highest BCUT2D eigenvalue weighted by atomic mass is 35.5. The first kappa shape index (κ1) is 28.0. The van der Waals surface area contributed by atoms with Gasteiger partial charge in [0.15, 0.2) is 0 Å². The molecular weight excluding hydrogens is 610 g/mol. The van der Waals surface area contributed by atoms with Crippen molar-refractivity contribution in [3.05, 3.63) is 45.7 Å². The zero-order valence-electron chi connectivity index (χ0n) is 17.6. The summed E-state index contributed by atoms with van der Waals surface area (Å²) in [7, 11) is -2.75. The van der Waals surface area contributed by atoms with Crippen molar-refractivity contribution in [1.29, 1.82) is 0 Å². The highest BCUT2D eigenvalue weighted by molar-refractivity contribution is 9.05. The lowest BCUT2D eigenvalue weighted by atomic mass is 9.86. The summed E-state index contributed by atoms with van der Waals surface area (Å²) in [4.78, 5) is 19.0. The topological polar surface area (TPSA) is 54.0 Å². The lowest BCUT2D eigenvalue weighted by Gasteiger charge is -2.31. The number of benzene rings is 1. The summed E-state index contributed by atoms with van der Waals surface area (Å²) in [5, 5.41) is 6.74. The molecule has 0 spiro atoms. The van der Waals surface area contributed by atoms with Gasteiger partial charge in [-0.2, -0.15) is 0 Å². The predicted molar refractivity (Wildman–Crippen MR) is 164 cm³/mol. The highest BCUT2D eigenvalue weighted by Crippen LogP contribution is 2.43. The zero-order valence-corrected chi connectivity index (χ0v) is 25.9. The van der Waals surface area contributed by atoms with E-state index in [2.05, 4.69) is 15.6 Å². The minimum atomic E-state index is -2.37. The Morgan fingerprint density at radius 2 is 1.82 bits per heavy atom. The Morgan fingerprint density at radius 1 is 1.18 bits per heavy atom. The van der Waals surface area contributed by atoms with Crippen LogP contribution in [-0.2, 0) is 88.4 Å². The number of nitrogens with one attached hydrogen (secondary N) is 2. The Bertz CT molecular complexity index is 1360. The van der Waals surface area contributed by atoms with Gasteiger partial charge < -0.3 is 10.6 Å². The largest absolute Gasteiger partial charge is 0.321 e. The smallest absolute Gasteiger partial charge is 0.255 e. The third-order valence-corrected chi connectivity index (χ3v) is 22.1. The number of thiol groups is 2. The van der Waals surface area contributed by atoms with Crippen molar-refractivity contribution in [1.82, 2.24) is 10.3 Å². The minimum absolute atomic E-state index is 0.160. The Kier molecular flexibility index (Phi) is 9.92. The van der Waals surface area contributed by atoms with Gasteiger partial charge in [-0.05, 0) is 155 Å². The van der Waals surface area contributed by atoms with Gasteiger partial charge in [0, 0.05) is 16.7 Å². The highest BCUT2D eigenvalue weighted by Gasteiger charge is 2.30. The second-order valence-corrected chi connectivity index (χ2v) is 25.7. The Hall–Kier alpha value is 0.460. The molecule has 0 unspecified atom stereocenters. The molecule has 33 heavy (non-hydrogen) atoms. The lowest BCUT2D eigenvalue weighted by Crippen LogP contribution is -2.29. The molecule has 2 aromatic rings. The molecule has 1 amide bonds. The fourth-order valence-corrected chi connectivity index (χ4v) is 11.3. The van der Waals surface area contributed by atoms with Gasteiger partial charge in [-0.15, -0.1) is 0 Å². The molecule has 2 heterocycles. The number of carbonyl (C=O) groups is 1. The summed E-state index contributed by atoms with van der Waals surface area (Å²) in [5.41, 5.74) is 3.84. The summed E-state index contributed by atoms with van der Waals surface area (Å²) in [6, 6.07) is 3.12. The maximum atomic E-state index is 13.4. The van der Waals surface area contributed by atoms with Crippen molar-refractivity contribution in [3.8, 4) is 0 Å². The van der Waals surface area contributed by atoms with Crippen LogP contribution in [0.25, 0.3) is 0 Å². The molecule has 0 bridgehead atoms. The summed E-state index contributed by atoms with van der Waals surface area (Å²) in [5.74, 6) is -0.172. The number of rotatable bonds is 6. The van der Waals surface area contributed by atoms with Crippen LogP contribution >= 0.6 is 11.6 Å². The van der Waals surface area contributed by atoms with Crippen LogP contribution in [0.15, 0.2) is 28.1 Å². The Labute approximate surface area is 230 Å². The quantitative estimate of drug-likeness (QED) is 0.219. The molecule has 0 saturated carbocycles. The van der Waals surface area contributed by atoms with Gasteiger partial charge in [0.2, 0.25) is 0 Å². The third-order valence-electron chi connectivity index (χ3n) is 5.62. The van der Waals surface area contributed by atoms with Gasteiger partial charge in [-0.25, -0.2) is 4.98 Å². The number of piperidine rings is 1. The maximum Gasteiger partial charge on any atom is 0.255 e. The van der Waals surface area contributed by atoms with E-state index in [0.717, 1.165) is 47.5 Å². The molecule has 180 valence electrons. The van der Waals surface area contributed by atoms with Gasteiger partial charge in [0.1, 0.15) is 5.15 Å². The first-order chi connectivity index (χ1) is 15.5. The van der Waals surface area contributed by atoms with Crippen molar-refractivity contribution in [2.24, 2.45) is 0 Å². The van der Waals surface area contributed by atoms with Crippen LogP contribution in [0.2, 0.25) is 5.15 Å². The molecule has 14 heteroatoms. The summed E-state index contributed by atoms with van der Waals surface area (Å²) < 4.78 is 0. The van der Waals surface area contributed by atoms with Crippen LogP contribution in [0.1, 0.15) is 45.8 Å². The minimum Gasteiger partial charge on any atom is -0.321 e. The summed E-state index contributed by atoms with van der Waals surface area (Å²) in [6.45, 7) is 5.69. The number of hydrogen-bond acceptors (Lipinski definition) is 9. The number of aromatic nitrogens is 1. The van der Waals surface area contributed by atoms with Gasteiger partial charge in [0.25, 0.3) is 5.91 Å². The van der Waals surface area contributed by atoms with Gasteiger partial charge in [-0.1, -0.05) is 19.6 Å². The Morgan fingerprint density at radius 3 is 2.36 bits per heavy atom. The van der Waals surface area contributed by atoms with Crippen LogP contribution in [0, 0.1) is 13.8 Å². The molecule has 0 radical (unpaired) electrons. The first-order valence-corrected chi connectivity index (χ1v) is 21.0. The molecule has 1 aromatic carbocycles. The molecule has 1 aliphatic rings. The summed E-state index contributed by atoms with van der Waals surface area (Å²) >= 11 is 40.1. The predicted octanol–water partition coefficient (Wildman–Crippen LogP) is 3.33. The van der Waals surface area contributed by atoms with E-state index < -0.39 is 21.2 Å². The molecule has 3 rings (SSSR count). The van der Waals surface area contributed by atoms with E-state index in [4.69, 9.17) is 78.7 Å². The number of carbonyl (C=O) groups excluding carboxylic acids is 1. The number of amides is 1. The molecule has 0 aliphatic carbocycles. The number of halogens is 1. The van der Waals surface area contributed by atoms with E-state index in [0.29, 0.717) is 16.1 Å². The van der Waals surface area contributed by atoms with Crippen molar-refractivity contribution in [3.63, 3.8) is 0 Å². The second kappa shape index (κ2) is 11.7. The molecule has 2 N–H and O–H groups in total. The van der Waals surface area contributed by atoms with E-state index in [1.165, 1.54) is 12.3 Å². The molecule has 1 saturated heterocycles. The van der Waals surface area contributed by atoms with Crippen molar-refractivity contribution >= 4 is 112 Å². The van der Waals surface area contributed by atoms with Crippen LogP contribution in [0.3, 0.4) is 0 Å². The van der Waals surface area contributed by atoms with Crippen molar-refractivity contribution < 1.29 is 4.79 Å². The van der Waals surface area contributed by atoms with E-state index in [9.17, 15) is 4.79 Å². The second-order valence-electron chi connectivity index (χ2n) is 7.52. The Balaban J connectivity index is 2.40. The van der Waals surface area contributed by atoms with Crippen molar-refractivity contribution in [2.75, 3.05) is 18.4 Å². The SMILES string of the molecule is Cc1c(C)c(S(=S)(=S)[SH](=S)=S)c(NC(=O)c2ccnc(Cl)c2)c(C2CCNCC2)c1[SH](=S)=S. The molecule has 1 aliphatic heterocycles. The fourth-order valence-electron chi connectivity index (χ4n) is 3.97. The number of hydrogen-bond donors (Lipinski definition) is 4. The van der Waals surface area contributed by atoms with Gasteiger partial charge in [-0.3, -0.25) is 4.79 Å². The van der Waals surface area contributed by atoms with Crippen LogP contribution < -0.4 is 10.6 Å². The van der Waals surface area contributed by atoms with E-state index in [1.54, 1.807) is 6.07 Å². The van der Waals surface area contributed by atoms with Crippen LogP contribution in [-0.4, -0.2) is 24.0 Å². The normalized spacial score (nSPS) is 15.2. The molecule has 1 aromatic heterocycles. The van der Waals surface area contributed by atoms with Gasteiger partial charge in [0.05, 0.1) is 10.6 Å². The lowest BCUT2D eigenvalue weighted by molar-refractivity contribution is 0.102. The van der Waals surface area contributed by atoms with E-state index >= 15 is 0 Å². The molecule has 1 fully saturated rings. The third kappa shape index (κ3) is 6.07. The number of anilines is 1. The van der Waals surface area contributed by atoms with E-state index in [1.807, 2.05) is 13.8 Å². The monoisotopic (exact) mass is 631 g/mol. The van der Waals surface area contributed by atoms with Crippen LogP contribution in [0.4, 0.5) is 5.69 Å².